The van der Waals surface area contributed by atoms with Crippen molar-refractivity contribution in [2.24, 2.45) is 11.7 Å². The molecule has 0 aliphatic carbocycles. The predicted molar refractivity (Wildman–Crippen MR) is 80.0 cm³/mol. The Labute approximate surface area is 114 Å². The maximum Gasteiger partial charge on any atom is 0.241 e. The van der Waals surface area contributed by atoms with Crippen molar-refractivity contribution in [3.63, 3.8) is 0 Å². The van der Waals surface area contributed by atoms with E-state index in [1.165, 1.54) is 5.56 Å². The predicted octanol–water partition coefficient (Wildman–Crippen LogP) is 2.51. The third-order valence-corrected chi connectivity index (χ3v) is 3.45. The van der Waals surface area contributed by atoms with Gasteiger partial charge in [0.05, 0.1) is 6.04 Å². The lowest BCUT2D eigenvalue weighted by molar-refractivity contribution is -0.118. The smallest absolute Gasteiger partial charge is 0.241 e. The van der Waals surface area contributed by atoms with Gasteiger partial charge in [-0.15, -0.1) is 0 Å². The number of hydrogen-bond acceptors (Lipinski definition) is 3. The number of amides is 1. The summed E-state index contributed by atoms with van der Waals surface area (Å²) in [6, 6.07) is 7.50. The van der Waals surface area contributed by atoms with E-state index in [2.05, 4.69) is 11.6 Å². The Morgan fingerprint density at radius 3 is 2.44 bits per heavy atom. The van der Waals surface area contributed by atoms with Crippen molar-refractivity contribution < 1.29 is 4.79 Å². The van der Waals surface area contributed by atoms with Crippen molar-refractivity contribution in [2.45, 2.75) is 26.3 Å². The molecule has 100 valence electrons. The largest absolute Gasteiger partial charge is 0.325 e. The molecule has 0 bridgehead atoms. The molecule has 1 aromatic carbocycles. The number of hydrogen-bond donors (Lipinski definition) is 2. The van der Waals surface area contributed by atoms with Crippen molar-refractivity contribution in [3.8, 4) is 0 Å². The minimum Gasteiger partial charge on any atom is -0.325 e. The van der Waals surface area contributed by atoms with Crippen molar-refractivity contribution >= 4 is 23.4 Å². The molecule has 0 aliphatic rings. The van der Waals surface area contributed by atoms with Crippen LogP contribution < -0.4 is 11.1 Å². The van der Waals surface area contributed by atoms with Crippen molar-refractivity contribution in [3.05, 3.63) is 29.8 Å². The minimum atomic E-state index is -0.457. The number of aryl methyl sites for hydroxylation is 1. The third kappa shape index (κ3) is 4.70. The van der Waals surface area contributed by atoms with Crippen LogP contribution in [0.1, 0.15) is 19.4 Å². The number of carbonyl (C=O) groups excluding carboxylic acids is 1. The maximum atomic E-state index is 11.8. The molecule has 3 nitrogen and oxygen atoms in total. The zero-order chi connectivity index (χ0) is 13.5. The number of thioether (sulfide) groups is 1. The van der Waals surface area contributed by atoms with Gasteiger partial charge in [0, 0.05) is 5.69 Å². The normalized spacial score (nSPS) is 12.5. The number of rotatable bonds is 6. The highest BCUT2D eigenvalue weighted by atomic mass is 32.2. The lowest BCUT2D eigenvalue weighted by atomic mass is 10.0. The van der Waals surface area contributed by atoms with E-state index in [0.717, 1.165) is 17.9 Å². The van der Waals surface area contributed by atoms with Gasteiger partial charge in [-0.2, -0.15) is 11.8 Å². The van der Waals surface area contributed by atoms with Gasteiger partial charge in [0.1, 0.15) is 0 Å². The highest BCUT2D eigenvalue weighted by Gasteiger charge is 2.16. The Morgan fingerprint density at radius 2 is 1.94 bits per heavy atom. The van der Waals surface area contributed by atoms with Crippen LogP contribution >= 0.6 is 11.8 Å². The number of anilines is 1. The summed E-state index contributed by atoms with van der Waals surface area (Å²) < 4.78 is 0. The lowest BCUT2D eigenvalue weighted by Gasteiger charge is -2.15. The monoisotopic (exact) mass is 266 g/mol. The van der Waals surface area contributed by atoms with Crippen LogP contribution in [0.15, 0.2) is 24.3 Å². The second kappa shape index (κ2) is 7.44. The highest BCUT2D eigenvalue weighted by Crippen LogP contribution is 2.12. The molecule has 1 amide bonds. The Bertz CT molecular complexity index is 376. The van der Waals surface area contributed by atoms with E-state index in [1.807, 2.05) is 49.9 Å². The standard InChI is InChI=1S/C14H22N2OS/c1-10(2)13(15)14(17)16-12-6-4-11(5-7-12)8-9-18-3/h4-7,10,13H,8-9,15H2,1-3H3,(H,16,17)/t13-/m0/s1. The number of nitrogens with one attached hydrogen (secondary N) is 1. The van der Waals surface area contributed by atoms with Gasteiger partial charge >= 0.3 is 0 Å². The molecule has 4 heteroatoms. The molecule has 1 atom stereocenters. The fourth-order valence-electron chi connectivity index (χ4n) is 1.50. The lowest BCUT2D eigenvalue weighted by Crippen LogP contribution is -2.39. The van der Waals surface area contributed by atoms with Gasteiger partial charge in [0.15, 0.2) is 0 Å². The van der Waals surface area contributed by atoms with Gasteiger partial charge < -0.3 is 11.1 Å². The summed E-state index contributed by atoms with van der Waals surface area (Å²) in [5.41, 5.74) is 7.89. The van der Waals surface area contributed by atoms with Crippen LogP contribution in [0.4, 0.5) is 5.69 Å². The molecule has 0 radical (unpaired) electrons. The first-order chi connectivity index (χ1) is 8.54. The summed E-state index contributed by atoms with van der Waals surface area (Å²) in [5.74, 6) is 1.14. The SMILES string of the molecule is CSCCc1ccc(NC(=O)[C@@H](N)C(C)C)cc1. The summed E-state index contributed by atoms with van der Waals surface area (Å²) in [4.78, 5) is 11.8. The van der Waals surface area contributed by atoms with E-state index in [-0.39, 0.29) is 11.8 Å². The molecule has 0 saturated carbocycles. The molecule has 0 heterocycles. The van der Waals surface area contributed by atoms with Gasteiger partial charge in [0.25, 0.3) is 0 Å². The van der Waals surface area contributed by atoms with Gasteiger partial charge in [-0.1, -0.05) is 26.0 Å². The maximum absolute atomic E-state index is 11.8. The first-order valence-corrected chi connectivity index (χ1v) is 7.58. The first-order valence-electron chi connectivity index (χ1n) is 6.19. The minimum absolute atomic E-state index is 0.123. The summed E-state index contributed by atoms with van der Waals surface area (Å²) in [6.07, 6.45) is 3.16. The molecule has 3 N–H and O–H groups in total. The first kappa shape index (κ1) is 15.1. The number of carbonyl (C=O) groups is 1. The molecule has 0 aliphatic heterocycles. The van der Waals surface area contributed by atoms with Crippen LogP contribution in [0, 0.1) is 5.92 Å². The average molecular weight is 266 g/mol. The molecule has 1 rings (SSSR count). The molecule has 0 fully saturated rings. The van der Waals surface area contributed by atoms with Gasteiger partial charge in [-0.3, -0.25) is 4.79 Å². The Morgan fingerprint density at radius 1 is 1.33 bits per heavy atom. The molecule has 0 unspecified atom stereocenters. The summed E-state index contributed by atoms with van der Waals surface area (Å²) >= 11 is 1.83. The van der Waals surface area contributed by atoms with Crippen LogP contribution in [-0.4, -0.2) is 24.0 Å². The zero-order valence-electron chi connectivity index (χ0n) is 11.3. The van der Waals surface area contributed by atoms with Crippen LogP contribution in [0.5, 0.6) is 0 Å². The number of nitrogens with two attached hydrogens (primary N) is 1. The van der Waals surface area contributed by atoms with E-state index >= 15 is 0 Å². The summed E-state index contributed by atoms with van der Waals surface area (Å²) in [7, 11) is 0. The molecular weight excluding hydrogens is 244 g/mol. The highest BCUT2D eigenvalue weighted by molar-refractivity contribution is 7.98. The van der Waals surface area contributed by atoms with Crippen molar-refractivity contribution in [1.82, 2.24) is 0 Å². The van der Waals surface area contributed by atoms with E-state index in [1.54, 1.807) is 0 Å². The van der Waals surface area contributed by atoms with Gasteiger partial charge in [0.2, 0.25) is 5.91 Å². The Kier molecular flexibility index (Phi) is 6.22. The van der Waals surface area contributed by atoms with E-state index in [9.17, 15) is 4.79 Å². The fraction of sp³-hybridized carbons (Fsp3) is 0.500. The third-order valence-electron chi connectivity index (χ3n) is 2.84. The van der Waals surface area contributed by atoms with Crippen LogP contribution in [0.2, 0.25) is 0 Å². The van der Waals surface area contributed by atoms with Gasteiger partial charge in [-0.25, -0.2) is 0 Å². The molecule has 0 aromatic heterocycles. The molecular formula is C14H22N2OS. The Hall–Kier alpha value is -1.00. The fourth-order valence-corrected chi connectivity index (χ4v) is 1.94. The van der Waals surface area contributed by atoms with Crippen LogP contribution in [0.3, 0.4) is 0 Å². The quantitative estimate of drug-likeness (QED) is 0.832. The molecule has 0 saturated heterocycles. The molecule has 0 spiro atoms. The van der Waals surface area contributed by atoms with Crippen molar-refractivity contribution in [2.75, 3.05) is 17.3 Å². The van der Waals surface area contributed by atoms with Crippen LogP contribution in [0.25, 0.3) is 0 Å². The molecule has 18 heavy (non-hydrogen) atoms. The average Bonchev–Trinajstić information content (AvgIpc) is 2.36. The van der Waals surface area contributed by atoms with E-state index in [4.69, 9.17) is 5.73 Å². The zero-order valence-corrected chi connectivity index (χ0v) is 12.1. The second-order valence-corrected chi connectivity index (χ2v) is 5.68. The second-order valence-electron chi connectivity index (χ2n) is 4.70. The molecule has 1 aromatic rings. The Balaban J connectivity index is 2.55. The van der Waals surface area contributed by atoms with Gasteiger partial charge in [-0.05, 0) is 42.0 Å². The number of benzene rings is 1. The van der Waals surface area contributed by atoms with Crippen molar-refractivity contribution in [1.29, 1.82) is 0 Å². The summed E-state index contributed by atoms with van der Waals surface area (Å²) in [6.45, 7) is 3.88. The topological polar surface area (TPSA) is 55.1 Å². The summed E-state index contributed by atoms with van der Waals surface area (Å²) in [5, 5.41) is 2.84. The van der Waals surface area contributed by atoms with E-state index in [0.29, 0.717) is 0 Å². The van der Waals surface area contributed by atoms with E-state index < -0.39 is 6.04 Å². The van der Waals surface area contributed by atoms with Crippen LogP contribution in [-0.2, 0) is 11.2 Å².